The lowest BCUT2D eigenvalue weighted by Gasteiger charge is -2.32. The Hall–Kier alpha value is -2.04. The van der Waals surface area contributed by atoms with Gasteiger partial charge in [0.2, 0.25) is 11.8 Å². The topological polar surface area (TPSA) is 49.4 Å². The van der Waals surface area contributed by atoms with Gasteiger partial charge in [-0.1, -0.05) is 72.8 Å². The molecule has 3 rings (SSSR count). The summed E-state index contributed by atoms with van der Waals surface area (Å²) in [5, 5.41) is 4.08. The van der Waals surface area contributed by atoms with Crippen molar-refractivity contribution >= 4 is 35.0 Å². The van der Waals surface area contributed by atoms with Crippen molar-refractivity contribution in [1.29, 1.82) is 0 Å². The minimum absolute atomic E-state index is 0.0711. The van der Waals surface area contributed by atoms with E-state index in [-0.39, 0.29) is 24.3 Å². The number of aryl methyl sites for hydroxylation is 2. The maximum Gasteiger partial charge on any atom is 0.243 e. The van der Waals surface area contributed by atoms with Crippen LogP contribution in [-0.4, -0.2) is 28.8 Å². The Morgan fingerprint density at radius 2 is 1.78 bits per heavy atom. The van der Waals surface area contributed by atoms with Gasteiger partial charge in [-0.15, -0.1) is 0 Å². The van der Waals surface area contributed by atoms with Gasteiger partial charge in [0.25, 0.3) is 0 Å². The van der Waals surface area contributed by atoms with Crippen molar-refractivity contribution in [3.63, 3.8) is 0 Å². The highest BCUT2D eigenvalue weighted by molar-refractivity contribution is 6.42. The van der Waals surface area contributed by atoms with Crippen molar-refractivity contribution in [2.45, 2.75) is 77.9 Å². The first-order valence-electron chi connectivity index (χ1n) is 11.4. The SMILES string of the molecule is CCC(C(=O)NC1CCCC1)N(Cc1ccc(Cl)c(Cl)c1)C(=O)Cc1cc(C)ccc1C. The Kier molecular flexibility index (Phi) is 8.61. The largest absolute Gasteiger partial charge is 0.352 e. The predicted octanol–water partition coefficient (Wildman–Crippen LogP) is 6.02. The van der Waals surface area contributed by atoms with E-state index in [9.17, 15) is 9.59 Å². The van der Waals surface area contributed by atoms with Gasteiger partial charge >= 0.3 is 0 Å². The number of amides is 2. The van der Waals surface area contributed by atoms with Crippen molar-refractivity contribution in [3.8, 4) is 0 Å². The average Bonchev–Trinajstić information content (AvgIpc) is 3.26. The maximum atomic E-state index is 13.6. The zero-order valence-electron chi connectivity index (χ0n) is 19.1. The fraction of sp³-hybridized carbons (Fsp3) is 0.462. The van der Waals surface area contributed by atoms with Gasteiger partial charge in [0.15, 0.2) is 0 Å². The van der Waals surface area contributed by atoms with Crippen LogP contribution in [0.4, 0.5) is 0 Å². The molecule has 0 saturated heterocycles. The van der Waals surface area contributed by atoms with Gasteiger partial charge in [-0.05, 0) is 61.9 Å². The molecule has 32 heavy (non-hydrogen) atoms. The molecule has 1 aliphatic carbocycles. The highest BCUT2D eigenvalue weighted by atomic mass is 35.5. The number of hydrogen-bond donors (Lipinski definition) is 1. The Balaban J connectivity index is 1.87. The second-order valence-electron chi connectivity index (χ2n) is 8.79. The molecule has 2 amide bonds. The highest BCUT2D eigenvalue weighted by Crippen LogP contribution is 2.25. The molecule has 0 aromatic heterocycles. The third-order valence-corrected chi connectivity index (χ3v) is 7.01. The molecule has 6 heteroatoms. The fourth-order valence-corrected chi connectivity index (χ4v) is 4.70. The van der Waals surface area contributed by atoms with Gasteiger partial charge < -0.3 is 10.2 Å². The van der Waals surface area contributed by atoms with Crippen molar-refractivity contribution < 1.29 is 9.59 Å². The lowest BCUT2D eigenvalue weighted by Crippen LogP contribution is -2.51. The fourth-order valence-electron chi connectivity index (χ4n) is 4.38. The van der Waals surface area contributed by atoms with Gasteiger partial charge in [-0.2, -0.15) is 0 Å². The molecule has 0 aliphatic heterocycles. The minimum Gasteiger partial charge on any atom is -0.352 e. The summed E-state index contributed by atoms with van der Waals surface area (Å²) in [4.78, 5) is 28.5. The first kappa shape index (κ1) is 24.6. The summed E-state index contributed by atoms with van der Waals surface area (Å²) in [6.07, 6.45) is 5.08. The van der Waals surface area contributed by atoms with Crippen LogP contribution in [0.2, 0.25) is 10.0 Å². The average molecular weight is 475 g/mol. The number of carbonyl (C=O) groups excluding carboxylic acids is 2. The van der Waals surface area contributed by atoms with Crippen LogP contribution >= 0.6 is 23.2 Å². The summed E-state index contributed by atoms with van der Waals surface area (Å²) in [5.41, 5.74) is 4.02. The van der Waals surface area contributed by atoms with E-state index in [1.165, 1.54) is 0 Å². The van der Waals surface area contributed by atoms with E-state index >= 15 is 0 Å². The number of benzene rings is 2. The van der Waals surface area contributed by atoms with E-state index in [2.05, 4.69) is 5.32 Å². The van der Waals surface area contributed by atoms with Crippen LogP contribution in [0.1, 0.15) is 61.3 Å². The third-order valence-electron chi connectivity index (χ3n) is 6.27. The molecule has 4 nitrogen and oxygen atoms in total. The standard InChI is InChI=1S/C26H32Cl2N2O2/c1-4-24(26(32)29-21-7-5-6-8-21)30(16-19-11-12-22(27)23(28)14-19)25(31)15-20-13-17(2)9-10-18(20)3/h9-14,21,24H,4-8,15-16H2,1-3H3,(H,29,32). The number of nitrogens with zero attached hydrogens (tertiary/aromatic N) is 1. The molecular weight excluding hydrogens is 443 g/mol. The Labute approximate surface area is 201 Å². The summed E-state index contributed by atoms with van der Waals surface area (Å²) in [6.45, 7) is 6.28. The van der Waals surface area contributed by atoms with Crippen LogP contribution < -0.4 is 5.32 Å². The predicted molar refractivity (Wildman–Crippen MR) is 131 cm³/mol. The zero-order valence-corrected chi connectivity index (χ0v) is 20.6. The van der Waals surface area contributed by atoms with Gasteiger partial charge in [0, 0.05) is 12.6 Å². The van der Waals surface area contributed by atoms with E-state index in [0.717, 1.165) is 47.9 Å². The molecule has 172 valence electrons. The van der Waals surface area contributed by atoms with Crippen LogP contribution in [0.25, 0.3) is 0 Å². The highest BCUT2D eigenvalue weighted by Gasteiger charge is 2.30. The van der Waals surface area contributed by atoms with E-state index in [0.29, 0.717) is 23.0 Å². The molecule has 0 heterocycles. The summed E-state index contributed by atoms with van der Waals surface area (Å²) in [6, 6.07) is 11.1. The lowest BCUT2D eigenvalue weighted by molar-refractivity contribution is -0.141. The van der Waals surface area contributed by atoms with Crippen LogP contribution in [0.5, 0.6) is 0 Å². The number of carbonyl (C=O) groups is 2. The van der Waals surface area contributed by atoms with Crippen LogP contribution in [0, 0.1) is 13.8 Å². The first-order chi connectivity index (χ1) is 15.3. The molecule has 2 aromatic rings. The molecule has 0 radical (unpaired) electrons. The first-order valence-corrected chi connectivity index (χ1v) is 12.1. The molecule has 1 N–H and O–H groups in total. The minimum atomic E-state index is -0.539. The second kappa shape index (κ2) is 11.2. The van der Waals surface area contributed by atoms with Crippen molar-refractivity contribution in [2.75, 3.05) is 0 Å². The van der Waals surface area contributed by atoms with Gasteiger partial charge in [0.05, 0.1) is 16.5 Å². The molecule has 2 aromatic carbocycles. The number of hydrogen-bond acceptors (Lipinski definition) is 2. The van der Waals surface area contributed by atoms with Gasteiger partial charge in [-0.3, -0.25) is 9.59 Å². The molecule has 1 unspecified atom stereocenters. The van der Waals surface area contributed by atoms with Crippen molar-refractivity contribution in [2.24, 2.45) is 0 Å². The third kappa shape index (κ3) is 6.26. The maximum absolute atomic E-state index is 13.6. The molecule has 1 atom stereocenters. The number of rotatable bonds is 8. The van der Waals surface area contributed by atoms with Gasteiger partial charge in [-0.25, -0.2) is 0 Å². The molecule has 0 bridgehead atoms. The smallest absolute Gasteiger partial charge is 0.243 e. The second-order valence-corrected chi connectivity index (χ2v) is 9.61. The van der Waals surface area contributed by atoms with Crippen LogP contribution in [0.15, 0.2) is 36.4 Å². The molecule has 1 saturated carbocycles. The van der Waals surface area contributed by atoms with Crippen LogP contribution in [-0.2, 0) is 22.6 Å². The van der Waals surface area contributed by atoms with Crippen molar-refractivity contribution in [3.05, 3.63) is 68.7 Å². The summed E-state index contributed by atoms with van der Waals surface area (Å²) in [7, 11) is 0. The number of halogens is 2. The molecule has 1 aliphatic rings. The van der Waals surface area contributed by atoms with Crippen molar-refractivity contribution in [1.82, 2.24) is 10.2 Å². The zero-order chi connectivity index (χ0) is 23.3. The van der Waals surface area contributed by atoms with E-state index in [4.69, 9.17) is 23.2 Å². The lowest BCUT2D eigenvalue weighted by atomic mass is 10.0. The Bertz CT molecular complexity index is 970. The summed E-state index contributed by atoms with van der Waals surface area (Å²) in [5.74, 6) is -0.146. The quantitative estimate of drug-likeness (QED) is 0.508. The Morgan fingerprint density at radius 3 is 2.44 bits per heavy atom. The summed E-state index contributed by atoms with van der Waals surface area (Å²) < 4.78 is 0. The van der Waals surface area contributed by atoms with E-state index < -0.39 is 6.04 Å². The molecular formula is C26H32Cl2N2O2. The molecule has 1 fully saturated rings. The monoisotopic (exact) mass is 474 g/mol. The normalized spacial score (nSPS) is 14.9. The molecule has 0 spiro atoms. The van der Waals surface area contributed by atoms with Gasteiger partial charge in [0.1, 0.15) is 6.04 Å². The Morgan fingerprint density at radius 1 is 1.06 bits per heavy atom. The summed E-state index contributed by atoms with van der Waals surface area (Å²) >= 11 is 12.3. The van der Waals surface area contributed by atoms with E-state index in [1.807, 2.05) is 45.0 Å². The van der Waals surface area contributed by atoms with Crippen LogP contribution in [0.3, 0.4) is 0 Å². The number of nitrogens with one attached hydrogen (secondary N) is 1. The van der Waals surface area contributed by atoms with E-state index in [1.54, 1.807) is 17.0 Å².